The van der Waals surface area contributed by atoms with Crippen LogP contribution in [0.1, 0.15) is 29.0 Å². The van der Waals surface area contributed by atoms with Crippen LogP contribution in [0.2, 0.25) is 0 Å². The van der Waals surface area contributed by atoms with E-state index in [4.69, 9.17) is 0 Å². The third-order valence-corrected chi connectivity index (χ3v) is 4.35. The molecule has 3 rings (SSSR count). The number of nitrogens with zero attached hydrogens (tertiary/aromatic N) is 2. The lowest BCUT2D eigenvalue weighted by Crippen LogP contribution is -2.34. The molecule has 2 aliphatic rings. The van der Waals surface area contributed by atoms with Gasteiger partial charge in [0.1, 0.15) is 11.4 Å². The summed E-state index contributed by atoms with van der Waals surface area (Å²) in [4.78, 5) is 43.5. The van der Waals surface area contributed by atoms with E-state index in [1.54, 1.807) is 6.92 Å². The van der Waals surface area contributed by atoms with Crippen LogP contribution in [-0.4, -0.2) is 44.9 Å². The summed E-state index contributed by atoms with van der Waals surface area (Å²) in [5, 5.41) is 9.30. The minimum atomic E-state index is -0.863. The second-order valence-electron chi connectivity index (χ2n) is 5.87. The van der Waals surface area contributed by atoms with Gasteiger partial charge in [-0.1, -0.05) is 0 Å². The van der Waals surface area contributed by atoms with Gasteiger partial charge in [-0.05, 0) is 31.6 Å². The highest BCUT2D eigenvalue weighted by Gasteiger charge is 2.47. The fourth-order valence-corrected chi connectivity index (χ4v) is 3.06. The van der Waals surface area contributed by atoms with Crippen LogP contribution >= 0.6 is 0 Å². The maximum absolute atomic E-state index is 12.4. The highest BCUT2D eigenvalue weighted by Crippen LogP contribution is 2.44. The number of hydrogen-bond donors (Lipinski definition) is 2. The average molecular weight is 291 g/mol. The molecule has 1 saturated carbocycles. The molecule has 21 heavy (non-hydrogen) atoms. The largest absolute Gasteiger partial charge is 0.481 e. The Hall–Kier alpha value is -2.18. The molecule has 1 aliphatic heterocycles. The molecule has 1 aromatic rings. The molecule has 1 amide bonds. The van der Waals surface area contributed by atoms with Crippen molar-refractivity contribution in [3.8, 4) is 0 Å². The number of hydrogen-bond acceptors (Lipinski definition) is 4. The number of carbonyl (C=O) groups excluding carboxylic acids is 1. The van der Waals surface area contributed by atoms with E-state index in [2.05, 4.69) is 9.97 Å². The van der Waals surface area contributed by atoms with Crippen molar-refractivity contribution < 1.29 is 14.7 Å². The second-order valence-corrected chi connectivity index (χ2v) is 5.87. The van der Waals surface area contributed by atoms with E-state index in [1.165, 1.54) is 11.1 Å². The summed E-state index contributed by atoms with van der Waals surface area (Å²) < 4.78 is 0. The molecule has 2 fully saturated rings. The standard InChI is InChI=1S/C14H17N3O4/c1-7-15-4-9(12(18)16-7)13(19)17-5-10(8-2-3-8)11(6-17)14(20)21/h4,8,10-11H,2-3,5-6H2,1H3,(H,20,21)(H,15,16,18)/t10-,11+/m1/s1. The lowest BCUT2D eigenvalue weighted by Gasteiger charge is -2.15. The SMILES string of the molecule is Cc1ncc(C(=O)N2C[C@H](C(=O)O)[C@@H](C3CC3)C2)c(=O)[nH]1. The second kappa shape index (κ2) is 4.98. The fourth-order valence-electron chi connectivity index (χ4n) is 3.06. The number of aromatic nitrogens is 2. The number of likely N-dealkylation sites (tertiary alicyclic amines) is 1. The maximum Gasteiger partial charge on any atom is 0.308 e. The van der Waals surface area contributed by atoms with Crippen molar-refractivity contribution in [3.05, 3.63) is 27.9 Å². The van der Waals surface area contributed by atoms with E-state index in [1.807, 2.05) is 0 Å². The predicted molar refractivity (Wildman–Crippen MR) is 72.8 cm³/mol. The van der Waals surface area contributed by atoms with Crippen LogP contribution in [-0.2, 0) is 4.79 Å². The Morgan fingerprint density at radius 2 is 2.10 bits per heavy atom. The fraction of sp³-hybridized carbons (Fsp3) is 0.571. The van der Waals surface area contributed by atoms with Crippen LogP contribution in [0.5, 0.6) is 0 Å². The van der Waals surface area contributed by atoms with Crippen molar-refractivity contribution in [1.82, 2.24) is 14.9 Å². The Morgan fingerprint density at radius 1 is 1.38 bits per heavy atom. The Balaban J connectivity index is 1.82. The van der Waals surface area contributed by atoms with Crippen molar-refractivity contribution in [2.45, 2.75) is 19.8 Å². The summed E-state index contributed by atoms with van der Waals surface area (Å²) >= 11 is 0. The van der Waals surface area contributed by atoms with Crippen molar-refractivity contribution in [2.24, 2.45) is 17.8 Å². The normalized spacial score (nSPS) is 25.1. The zero-order valence-electron chi connectivity index (χ0n) is 11.7. The molecule has 2 heterocycles. The molecule has 7 nitrogen and oxygen atoms in total. The van der Waals surface area contributed by atoms with Crippen molar-refractivity contribution in [3.63, 3.8) is 0 Å². The van der Waals surface area contributed by atoms with Crippen LogP contribution in [0.3, 0.4) is 0 Å². The average Bonchev–Trinajstić information content (AvgIpc) is 3.16. The molecule has 0 radical (unpaired) electrons. The number of aryl methyl sites for hydroxylation is 1. The number of rotatable bonds is 3. The first-order valence-electron chi connectivity index (χ1n) is 7.05. The molecule has 0 bridgehead atoms. The topological polar surface area (TPSA) is 103 Å². The van der Waals surface area contributed by atoms with E-state index in [0.29, 0.717) is 18.3 Å². The van der Waals surface area contributed by atoms with E-state index in [0.717, 1.165) is 12.8 Å². The van der Waals surface area contributed by atoms with Gasteiger partial charge in [-0.3, -0.25) is 14.4 Å². The zero-order chi connectivity index (χ0) is 15.1. The maximum atomic E-state index is 12.4. The van der Waals surface area contributed by atoms with E-state index >= 15 is 0 Å². The number of aromatic amines is 1. The number of carboxylic acid groups (broad SMARTS) is 1. The lowest BCUT2D eigenvalue weighted by atomic mass is 9.92. The van der Waals surface area contributed by atoms with Gasteiger partial charge in [0.2, 0.25) is 0 Å². The van der Waals surface area contributed by atoms with Crippen LogP contribution in [0, 0.1) is 24.7 Å². The molecular weight excluding hydrogens is 274 g/mol. The lowest BCUT2D eigenvalue weighted by molar-refractivity contribution is -0.142. The zero-order valence-corrected chi connectivity index (χ0v) is 11.7. The molecule has 0 unspecified atom stereocenters. The number of aliphatic carboxylic acids is 1. The summed E-state index contributed by atoms with van der Waals surface area (Å²) in [6.07, 6.45) is 3.32. The van der Waals surface area contributed by atoms with Crippen LogP contribution in [0.25, 0.3) is 0 Å². The number of H-pyrrole nitrogens is 1. The van der Waals surface area contributed by atoms with Crippen molar-refractivity contribution in [1.29, 1.82) is 0 Å². The summed E-state index contributed by atoms with van der Waals surface area (Å²) in [6.45, 7) is 2.21. The molecule has 0 spiro atoms. The third kappa shape index (κ3) is 2.55. The molecule has 1 aliphatic carbocycles. The molecule has 7 heteroatoms. The van der Waals surface area contributed by atoms with Gasteiger partial charge in [-0.25, -0.2) is 4.98 Å². The quantitative estimate of drug-likeness (QED) is 0.831. The Labute approximate surface area is 121 Å². The molecule has 2 N–H and O–H groups in total. The molecular formula is C14H17N3O4. The van der Waals surface area contributed by atoms with E-state index < -0.39 is 23.4 Å². The molecule has 1 saturated heterocycles. The summed E-state index contributed by atoms with van der Waals surface area (Å²) in [5.74, 6) is -0.977. The summed E-state index contributed by atoms with van der Waals surface area (Å²) in [6, 6.07) is 0. The molecule has 2 atom stereocenters. The number of carboxylic acids is 1. The summed E-state index contributed by atoms with van der Waals surface area (Å²) in [5.41, 5.74) is -0.504. The van der Waals surface area contributed by atoms with Gasteiger partial charge in [0.25, 0.3) is 11.5 Å². The Bertz CT molecular complexity index is 650. The van der Waals surface area contributed by atoms with Crippen LogP contribution in [0.4, 0.5) is 0 Å². The third-order valence-electron chi connectivity index (χ3n) is 4.35. The van der Waals surface area contributed by atoms with Crippen LogP contribution < -0.4 is 5.56 Å². The molecule has 112 valence electrons. The first-order chi connectivity index (χ1) is 9.97. The molecule has 1 aromatic heterocycles. The first-order valence-corrected chi connectivity index (χ1v) is 7.05. The van der Waals surface area contributed by atoms with E-state index in [-0.39, 0.29) is 18.0 Å². The van der Waals surface area contributed by atoms with Gasteiger partial charge in [0, 0.05) is 19.3 Å². The Morgan fingerprint density at radius 3 is 2.67 bits per heavy atom. The predicted octanol–water partition coefficient (Wildman–Crippen LogP) is 0.261. The van der Waals surface area contributed by atoms with Crippen molar-refractivity contribution >= 4 is 11.9 Å². The Kier molecular flexibility index (Phi) is 3.27. The smallest absolute Gasteiger partial charge is 0.308 e. The number of nitrogens with one attached hydrogen (secondary N) is 1. The monoisotopic (exact) mass is 291 g/mol. The van der Waals surface area contributed by atoms with Gasteiger partial charge in [0.05, 0.1) is 5.92 Å². The van der Waals surface area contributed by atoms with Gasteiger partial charge < -0.3 is 15.0 Å². The van der Waals surface area contributed by atoms with E-state index in [9.17, 15) is 19.5 Å². The van der Waals surface area contributed by atoms with Gasteiger partial charge in [0.15, 0.2) is 0 Å². The minimum Gasteiger partial charge on any atom is -0.481 e. The van der Waals surface area contributed by atoms with Crippen molar-refractivity contribution in [2.75, 3.05) is 13.1 Å². The highest BCUT2D eigenvalue weighted by atomic mass is 16.4. The first kappa shape index (κ1) is 13.8. The number of amides is 1. The summed E-state index contributed by atoms with van der Waals surface area (Å²) in [7, 11) is 0. The van der Waals surface area contributed by atoms with Gasteiger partial charge in [-0.15, -0.1) is 0 Å². The highest BCUT2D eigenvalue weighted by molar-refractivity contribution is 5.94. The van der Waals surface area contributed by atoms with Gasteiger partial charge in [-0.2, -0.15) is 0 Å². The molecule has 0 aromatic carbocycles. The van der Waals surface area contributed by atoms with Crippen LogP contribution in [0.15, 0.2) is 11.0 Å². The van der Waals surface area contributed by atoms with Gasteiger partial charge >= 0.3 is 5.97 Å². The number of carbonyl (C=O) groups is 2. The minimum absolute atomic E-state index is 0.00365.